The number of nitrogens with two attached hydrogens (primary N) is 1. The number of nitrogens with zero attached hydrogens (tertiary/aromatic N) is 1. The molecule has 0 heterocycles. The van der Waals surface area contributed by atoms with Crippen LogP contribution in [0.3, 0.4) is 0 Å². The Labute approximate surface area is 96.4 Å². The molecule has 0 unspecified atom stereocenters. The number of hydrogen-bond donors (Lipinski definition) is 2. The summed E-state index contributed by atoms with van der Waals surface area (Å²) in [5.41, 5.74) is 4.90. The largest absolute Gasteiger partial charge is 0.351 e. The zero-order chi connectivity index (χ0) is 12.0. The number of imide groups is 1. The summed E-state index contributed by atoms with van der Waals surface area (Å²) >= 11 is 0. The fraction of sp³-hybridized carbons (Fsp3) is 0.818. The summed E-state index contributed by atoms with van der Waals surface area (Å²) < 4.78 is 0. The van der Waals surface area contributed by atoms with Gasteiger partial charge in [0.1, 0.15) is 0 Å². The summed E-state index contributed by atoms with van der Waals surface area (Å²) in [7, 11) is 0. The van der Waals surface area contributed by atoms with E-state index < -0.39 is 6.03 Å². The second kappa shape index (κ2) is 6.48. The first-order valence-corrected chi connectivity index (χ1v) is 5.96. The zero-order valence-corrected chi connectivity index (χ0v) is 9.87. The van der Waals surface area contributed by atoms with Crippen LogP contribution in [0.4, 0.5) is 4.79 Å². The lowest BCUT2D eigenvalue weighted by molar-refractivity contribution is -0.121. The van der Waals surface area contributed by atoms with E-state index in [1.54, 1.807) is 0 Å². The highest BCUT2D eigenvalue weighted by Crippen LogP contribution is 2.22. The monoisotopic (exact) mass is 227 g/mol. The lowest BCUT2D eigenvalue weighted by Crippen LogP contribution is -2.46. The third-order valence-corrected chi connectivity index (χ3v) is 3.11. The zero-order valence-electron chi connectivity index (χ0n) is 9.87. The molecule has 16 heavy (non-hydrogen) atoms. The molecule has 0 saturated heterocycles. The standard InChI is InChI=1S/C11H21N3O2/c1-2-14(8-10(15)13-11(12)16)9-6-4-3-5-7-9/h9H,2-8H2,1H3,(H3,12,13,15,16). The molecule has 0 atom stereocenters. The molecule has 1 fully saturated rings. The van der Waals surface area contributed by atoms with Gasteiger partial charge >= 0.3 is 6.03 Å². The molecule has 3 N–H and O–H groups in total. The van der Waals surface area contributed by atoms with Gasteiger partial charge in [0.2, 0.25) is 5.91 Å². The number of urea groups is 1. The van der Waals surface area contributed by atoms with E-state index >= 15 is 0 Å². The van der Waals surface area contributed by atoms with Crippen molar-refractivity contribution in [3.05, 3.63) is 0 Å². The summed E-state index contributed by atoms with van der Waals surface area (Å²) in [4.78, 5) is 24.1. The Morgan fingerprint density at radius 1 is 1.31 bits per heavy atom. The molecule has 92 valence electrons. The minimum atomic E-state index is -0.773. The first-order chi connectivity index (χ1) is 7.63. The number of hydrogen-bond acceptors (Lipinski definition) is 3. The second-order valence-corrected chi connectivity index (χ2v) is 4.27. The molecule has 1 aliphatic carbocycles. The van der Waals surface area contributed by atoms with Crippen LogP contribution in [0.5, 0.6) is 0 Å². The second-order valence-electron chi connectivity index (χ2n) is 4.27. The van der Waals surface area contributed by atoms with Crippen LogP contribution < -0.4 is 11.1 Å². The Bertz CT molecular complexity index is 250. The summed E-state index contributed by atoms with van der Waals surface area (Å²) in [5, 5.41) is 2.10. The van der Waals surface area contributed by atoms with Gasteiger partial charge in [-0.25, -0.2) is 4.79 Å². The molecule has 5 heteroatoms. The van der Waals surface area contributed by atoms with Gasteiger partial charge in [0.25, 0.3) is 0 Å². The van der Waals surface area contributed by atoms with Crippen molar-refractivity contribution in [2.24, 2.45) is 5.73 Å². The Morgan fingerprint density at radius 2 is 1.94 bits per heavy atom. The van der Waals surface area contributed by atoms with E-state index in [1.807, 2.05) is 6.92 Å². The van der Waals surface area contributed by atoms with E-state index in [9.17, 15) is 9.59 Å². The minimum Gasteiger partial charge on any atom is -0.351 e. The van der Waals surface area contributed by atoms with Crippen LogP contribution >= 0.6 is 0 Å². The Kier molecular flexibility index (Phi) is 5.25. The SMILES string of the molecule is CCN(CC(=O)NC(N)=O)C1CCCCC1. The molecule has 0 spiro atoms. The number of nitrogens with one attached hydrogen (secondary N) is 1. The molecule has 1 aliphatic rings. The van der Waals surface area contributed by atoms with Crippen molar-refractivity contribution >= 4 is 11.9 Å². The number of likely N-dealkylation sites (N-methyl/N-ethyl adjacent to an activating group) is 1. The topological polar surface area (TPSA) is 75.4 Å². The lowest BCUT2D eigenvalue weighted by Gasteiger charge is -2.32. The van der Waals surface area contributed by atoms with Crippen molar-refractivity contribution in [3.63, 3.8) is 0 Å². The molecule has 3 amide bonds. The highest BCUT2D eigenvalue weighted by atomic mass is 16.2. The van der Waals surface area contributed by atoms with E-state index in [1.165, 1.54) is 19.3 Å². The number of amides is 3. The van der Waals surface area contributed by atoms with E-state index in [4.69, 9.17) is 5.73 Å². The van der Waals surface area contributed by atoms with Crippen LogP contribution in [-0.2, 0) is 4.79 Å². The smallest absolute Gasteiger partial charge is 0.318 e. The predicted octanol–water partition coefficient (Wildman–Crippen LogP) is 0.836. The maximum atomic E-state index is 11.4. The van der Waals surface area contributed by atoms with Crippen LogP contribution in [-0.4, -0.2) is 36.0 Å². The van der Waals surface area contributed by atoms with E-state index in [0.29, 0.717) is 6.04 Å². The molecule has 0 aliphatic heterocycles. The van der Waals surface area contributed by atoms with Crippen LogP contribution in [0.25, 0.3) is 0 Å². The molecule has 0 bridgehead atoms. The van der Waals surface area contributed by atoms with Gasteiger partial charge < -0.3 is 5.73 Å². The van der Waals surface area contributed by atoms with Crippen molar-refractivity contribution in [2.75, 3.05) is 13.1 Å². The number of primary amides is 1. The van der Waals surface area contributed by atoms with Crippen molar-refractivity contribution in [2.45, 2.75) is 45.1 Å². The summed E-state index contributed by atoms with van der Waals surface area (Å²) in [6.45, 7) is 3.13. The van der Waals surface area contributed by atoms with E-state index in [-0.39, 0.29) is 12.5 Å². The molecule has 1 saturated carbocycles. The summed E-state index contributed by atoms with van der Waals surface area (Å²) in [6, 6.07) is -0.290. The number of carbonyl (C=O) groups excluding carboxylic acids is 2. The molecule has 0 aromatic carbocycles. The molecular formula is C11H21N3O2. The van der Waals surface area contributed by atoms with Crippen molar-refractivity contribution in [1.82, 2.24) is 10.2 Å². The molecule has 0 radical (unpaired) electrons. The lowest BCUT2D eigenvalue weighted by atomic mass is 9.94. The molecule has 0 aromatic rings. The molecule has 5 nitrogen and oxygen atoms in total. The molecular weight excluding hydrogens is 206 g/mol. The normalized spacial score (nSPS) is 17.4. The van der Waals surface area contributed by atoms with Gasteiger partial charge in [0.05, 0.1) is 6.54 Å². The first-order valence-electron chi connectivity index (χ1n) is 5.96. The van der Waals surface area contributed by atoms with Crippen LogP contribution in [0.15, 0.2) is 0 Å². The van der Waals surface area contributed by atoms with Crippen LogP contribution in [0.2, 0.25) is 0 Å². The average molecular weight is 227 g/mol. The van der Waals surface area contributed by atoms with Crippen molar-refractivity contribution < 1.29 is 9.59 Å². The molecule has 0 aromatic heterocycles. The fourth-order valence-electron chi connectivity index (χ4n) is 2.31. The third kappa shape index (κ3) is 4.18. The Hall–Kier alpha value is -1.10. The van der Waals surface area contributed by atoms with Gasteiger partial charge in [-0.2, -0.15) is 0 Å². The number of carbonyl (C=O) groups is 2. The number of rotatable bonds is 4. The van der Waals surface area contributed by atoms with Crippen molar-refractivity contribution in [3.8, 4) is 0 Å². The van der Waals surface area contributed by atoms with Crippen molar-refractivity contribution in [1.29, 1.82) is 0 Å². The van der Waals surface area contributed by atoms with E-state index in [2.05, 4.69) is 10.2 Å². The first kappa shape index (κ1) is 13.0. The fourth-order valence-corrected chi connectivity index (χ4v) is 2.31. The van der Waals surface area contributed by atoms with Gasteiger partial charge in [-0.15, -0.1) is 0 Å². The van der Waals surface area contributed by atoms with Gasteiger partial charge in [-0.1, -0.05) is 26.2 Å². The summed E-state index contributed by atoms with van der Waals surface area (Å²) in [5.74, 6) is -0.306. The quantitative estimate of drug-likeness (QED) is 0.747. The maximum Gasteiger partial charge on any atom is 0.318 e. The van der Waals surface area contributed by atoms with Crippen LogP contribution in [0, 0.1) is 0 Å². The van der Waals surface area contributed by atoms with E-state index in [0.717, 1.165) is 19.4 Å². The van der Waals surface area contributed by atoms with Gasteiger partial charge in [0.15, 0.2) is 0 Å². The molecule has 1 rings (SSSR count). The van der Waals surface area contributed by atoms with Crippen LogP contribution in [0.1, 0.15) is 39.0 Å². The predicted molar refractivity (Wildman–Crippen MR) is 61.8 cm³/mol. The summed E-state index contributed by atoms with van der Waals surface area (Å²) in [6.07, 6.45) is 6.06. The Balaban J connectivity index is 2.40. The third-order valence-electron chi connectivity index (χ3n) is 3.11. The minimum absolute atomic E-state index is 0.268. The Morgan fingerprint density at radius 3 is 2.44 bits per heavy atom. The highest BCUT2D eigenvalue weighted by Gasteiger charge is 2.21. The van der Waals surface area contributed by atoms with Gasteiger partial charge in [-0.05, 0) is 19.4 Å². The maximum absolute atomic E-state index is 11.4. The highest BCUT2D eigenvalue weighted by molar-refractivity contribution is 5.94. The van der Waals surface area contributed by atoms with Gasteiger partial charge in [0, 0.05) is 6.04 Å². The average Bonchev–Trinajstić information content (AvgIpc) is 2.26. The van der Waals surface area contributed by atoms with Gasteiger partial charge in [-0.3, -0.25) is 15.0 Å².